The van der Waals surface area contributed by atoms with Crippen LogP contribution in [0.25, 0.3) is 0 Å². The van der Waals surface area contributed by atoms with Crippen molar-refractivity contribution in [2.24, 2.45) is 0 Å². The van der Waals surface area contributed by atoms with Gasteiger partial charge in [0.05, 0.1) is 13.2 Å². The zero-order chi connectivity index (χ0) is 13.8. The van der Waals surface area contributed by atoms with E-state index in [9.17, 15) is 14.1 Å². The van der Waals surface area contributed by atoms with E-state index >= 15 is 0 Å². The minimum absolute atomic E-state index is 0.276. The van der Waals surface area contributed by atoms with Crippen molar-refractivity contribution in [2.45, 2.75) is 39.5 Å². The van der Waals surface area contributed by atoms with Crippen LogP contribution in [0.3, 0.4) is 0 Å². The SMILES string of the molecule is CC(=O)OCCCC[S+]([O-])CCCCOC(C)=O. The highest BCUT2D eigenvalue weighted by Gasteiger charge is 2.06. The Morgan fingerprint density at radius 2 is 1.28 bits per heavy atom. The van der Waals surface area contributed by atoms with Crippen LogP contribution in [-0.4, -0.2) is 41.2 Å². The Morgan fingerprint density at radius 3 is 1.61 bits per heavy atom. The van der Waals surface area contributed by atoms with Gasteiger partial charge < -0.3 is 14.0 Å². The van der Waals surface area contributed by atoms with Gasteiger partial charge in [-0.25, -0.2) is 0 Å². The standard InChI is InChI=1S/C12H22O5S/c1-11(13)16-7-3-5-9-18(15)10-6-4-8-17-12(2)14/h3-10H2,1-2H3. The topological polar surface area (TPSA) is 75.7 Å². The van der Waals surface area contributed by atoms with Crippen LogP contribution >= 0.6 is 0 Å². The van der Waals surface area contributed by atoms with Gasteiger partial charge in [0.15, 0.2) is 0 Å². The van der Waals surface area contributed by atoms with Gasteiger partial charge >= 0.3 is 11.9 Å². The summed E-state index contributed by atoms with van der Waals surface area (Å²) in [6, 6.07) is 0. The Balaban J connectivity index is 3.24. The molecule has 0 atom stereocenters. The first-order chi connectivity index (χ1) is 8.52. The normalized spacial score (nSPS) is 10.4. The van der Waals surface area contributed by atoms with E-state index < -0.39 is 11.2 Å². The van der Waals surface area contributed by atoms with Gasteiger partial charge in [-0.1, -0.05) is 11.2 Å². The van der Waals surface area contributed by atoms with Gasteiger partial charge in [0, 0.05) is 13.8 Å². The average molecular weight is 278 g/mol. The number of unbranched alkanes of at least 4 members (excludes halogenated alkanes) is 2. The molecule has 0 aliphatic rings. The van der Waals surface area contributed by atoms with Crippen LogP contribution in [0.4, 0.5) is 0 Å². The van der Waals surface area contributed by atoms with E-state index in [0.717, 1.165) is 25.7 Å². The summed E-state index contributed by atoms with van der Waals surface area (Å²) in [5.41, 5.74) is 0. The maximum Gasteiger partial charge on any atom is 0.302 e. The first-order valence-electron chi connectivity index (χ1n) is 6.14. The van der Waals surface area contributed by atoms with E-state index in [0.29, 0.717) is 24.7 Å². The summed E-state index contributed by atoms with van der Waals surface area (Å²) in [5, 5.41) is 0. The lowest BCUT2D eigenvalue weighted by molar-refractivity contribution is -0.142. The van der Waals surface area contributed by atoms with Gasteiger partial charge in [-0.05, 0) is 25.7 Å². The summed E-state index contributed by atoms with van der Waals surface area (Å²) in [6.07, 6.45) is 3.09. The van der Waals surface area contributed by atoms with Crippen LogP contribution < -0.4 is 0 Å². The fraction of sp³-hybridized carbons (Fsp3) is 0.833. The lowest BCUT2D eigenvalue weighted by Gasteiger charge is -2.10. The molecule has 0 aromatic rings. The molecular formula is C12H22O5S. The van der Waals surface area contributed by atoms with Crippen LogP contribution in [0.2, 0.25) is 0 Å². The van der Waals surface area contributed by atoms with E-state index in [2.05, 4.69) is 0 Å². The minimum atomic E-state index is -0.829. The van der Waals surface area contributed by atoms with Crippen molar-refractivity contribution in [3.63, 3.8) is 0 Å². The third kappa shape index (κ3) is 13.3. The van der Waals surface area contributed by atoms with Crippen molar-refractivity contribution in [2.75, 3.05) is 24.7 Å². The van der Waals surface area contributed by atoms with Gasteiger partial charge in [-0.3, -0.25) is 9.59 Å². The number of ether oxygens (including phenoxy) is 2. The van der Waals surface area contributed by atoms with Crippen molar-refractivity contribution in [1.82, 2.24) is 0 Å². The number of hydrogen-bond acceptors (Lipinski definition) is 5. The summed E-state index contributed by atoms with van der Waals surface area (Å²) in [6.45, 7) is 3.56. The number of carbonyl (C=O) groups excluding carboxylic acids is 2. The summed E-state index contributed by atoms with van der Waals surface area (Å²) < 4.78 is 21.1. The molecule has 106 valence electrons. The van der Waals surface area contributed by atoms with Crippen molar-refractivity contribution >= 4 is 23.1 Å². The summed E-state index contributed by atoms with van der Waals surface area (Å²) in [5.74, 6) is 0.715. The molecule has 18 heavy (non-hydrogen) atoms. The Morgan fingerprint density at radius 1 is 0.889 bits per heavy atom. The lowest BCUT2D eigenvalue weighted by Crippen LogP contribution is -2.13. The maximum atomic E-state index is 11.5. The molecule has 0 radical (unpaired) electrons. The van der Waals surface area contributed by atoms with E-state index in [1.54, 1.807) is 0 Å². The number of rotatable bonds is 10. The molecule has 0 aromatic carbocycles. The number of esters is 2. The predicted octanol–water partition coefficient (Wildman–Crippen LogP) is 1.42. The van der Waals surface area contributed by atoms with Gasteiger partial charge in [-0.2, -0.15) is 0 Å². The van der Waals surface area contributed by atoms with E-state index in [1.807, 2.05) is 0 Å². The van der Waals surface area contributed by atoms with E-state index in [1.165, 1.54) is 13.8 Å². The fourth-order valence-corrected chi connectivity index (χ4v) is 2.52. The number of hydrogen-bond donors (Lipinski definition) is 0. The highest BCUT2D eigenvalue weighted by molar-refractivity contribution is 7.91. The molecule has 0 aromatic heterocycles. The van der Waals surface area contributed by atoms with Crippen LogP contribution in [0.15, 0.2) is 0 Å². The summed E-state index contributed by atoms with van der Waals surface area (Å²) >= 11 is -0.829. The largest absolute Gasteiger partial charge is 0.616 e. The Labute approximate surface area is 111 Å². The second-order valence-corrected chi connectivity index (χ2v) is 5.64. The third-order valence-corrected chi connectivity index (χ3v) is 3.63. The molecule has 0 rings (SSSR count). The minimum Gasteiger partial charge on any atom is -0.616 e. The molecule has 5 nitrogen and oxygen atoms in total. The first kappa shape index (κ1) is 17.2. The van der Waals surface area contributed by atoms with Crippen LogP contribution in [0, 0.1) is 0 Å². The van der Waals surface area contributed by atoms with Crippen LogP contribution in [0.5, 0.6) is 0 Å². The molecule has 0 N–H and O–H groups in total. The van der Waals surface area contributed by atoms with Crippen molar-refractivity contribution in [3.05, 3.63) is 0 Å². The highest BCUT2D eigenvalue weighted by atomic mass is 32.2. The Kier molecular flexibility index (Phi) is 10.9. The van der Waals surface area contributed by atoms with Crippen molar-refractivity contribution in [1.29, 1.82) is 0 Å². The van der Waals surface area contributed by atoms with Crippen LogP contribution in [0.1, 0.15) is 39.5 Å². The molecule has 0 spiro atoms. The molecule has 0 unspecified atom stereocenters. The third-order valence-electron chi connectivity index (χ3n) is 2.14. The molecule has 0 heterocycles. The predicted molar refractivity (Wildman–Crippen MR) is 69.6 cm³/mol. The second kappa shape index (κ2) is 11.3. The molecular weight excluding hydrogens is 256 g/mol. The van der Waals surface area contributed by atoms with E-state index in [-0.39, 0.29) is 11.9 Å². The summed E-state index contributed by atoms with van der Waals surface area (Å²) in [7, 11) is 0. The summed E-state index contributed by atoms with van der Waals surface area (Å²) in [4.78, 5) is 20.9. The quantitative estimate of drug-likeness (QED) is 0.343. The molecule has 0 aliphatic carbocycles. The fourth-order valence-electron chi connectivity index (χ4n) is 1.26. The Bertz CT molecular complexity index is 221. The average Bonchev–Trinajstić information content (AvgIpc) is 2.27. The van der Waals surface area contributed by atoms with Gasteiger partial charge in [0.25, 0.3) is 0 Å². The molecule has 6 heteroatoms. The monoisotopic (exact) mass is 278 g/mol. The molecule has 0 bridgehead atoms. The number of carbonyl (C=O) groups is 2. The van der Waals surface area contributed by atoms with E-state index in [4.69, 9.17) is 9.47 Å². The van der Waals surface area contributed by atoms with Gasteiger partial charge in [-0.15, -0.1) is 0 Å². The molecule has 0 fully saturated rings. The van der Waals surface area contributed by atoms with Crippen molar-refractivity contribution < 1.29 is 23.6 Å². The van der Waals surface area contributed by atoms with Crippen LogP contribution in [-0.2, 0) is 30.2 Å². The molecule has 0 saturated heterocycles. The first-order valence-corrected chi connectivity index (χ1v) is 7.63. The zero-order valence-corrected chi connectivity index (χ0v) is 11.9. The zero-order valence-electron chi connectivity index (χ0n) is 11.1. The molecule has 0 aliphatic heterocycles. The van der Waals surface area contributed by atoms with Crippen molar-refractivity contribution in [3.8, 4) is 0 Å². The lowest BCUT2D eigenvalue weighted by atomic mass is 10.3. The second-order valence-electron chi connectivity index (χ2n) is 3.94. The van der Waals surface area contributed by atoms with Gasteiger partial charge in [0.1, 0.15) is 11.5 Å². The Hall–Kier alpha value is -0.750. The molecule has 0 amide bonds. The highest BCUT2D eigenvalue weighted by Crippen LogP contribution is 2.02. The maximum absolute atomic E-state index is 11.5. The molecule has 0 saturated carbocycles. The smallest absolute Gasteiger partial charge is 0.302 e. The van der Waals surface area contributed by atoms with Gasteiger partial charge in [0.2, 0.25) is 0 Å².